The molecule has 0 aliphatic heterocycles. The third-order valence-corrected chi connectivity index (χ3v) is 6.05. The fraction of sp³-hybridized carbons (Fsp3) is 0.714. The Hall–Kier alpha value is -0.220. The van der Waals surface area contributed by atoms with E-state index in [9.17, 15) is 5.11 Å². The highest BCUT2D eigenvalue weighted by atomic mass is 35.5. The van der Waals surface area contributed by atoms with Gasteiger partial charge in [-0.1, -0.05) is 69.3 Å². The molecule has 144 valence electrons. The first-order valence-electron chi connectivity index (χ1n) is 9.42. The Morgan fingerprint density at radius 2 is 1.76 bits per heavy atom. The molecule has 3 unspecified atom stereocenters. The van der Waals surface area contributed by atoms with Crippen molar-refractivity contribution in [2.45, 2.75) is 83.4 Å². The zero-order valence-electron chi connectivity index (χ0n) is 16.7. The number of nitrogens with one attached hydrogen (secondary N) is 1. The highest BCUT2D eigenvalue weighted by Crippen LogP contribution is 2.38. The van der Waals surface area contributed by atoms with Crippen molar-refractivity contribution in [3.63, 3.8) is 0 Å². The van der Waals surface area contributed by atoms with Gasteiger partial charge in [0.25, 0.3) is 0 Å². The molecule has 2 N–H and O–H groups in total. The smallest absolute Gasteiger partial charge is 0.0457 e. The van der Waals surface area contributed by atoms with E-state index >= 15 is 0 Å². The fourth-order valence-electron chi connectivity index (χ4n) is 3.06. The lowest BCUT2D eigenvalue weighted by Gasteiger charge is -2.41. The van der Waals surface area contributed by atoms with Gasteiger partial charge in [-0.25, -0.2) is 0 Å². The van der Waals surface area contributed by atoms with Crippen LogP contribution in [-0.4, -0.2) is 22.5 Å². The molecule has 4 heteroatoms. The van der Waals surface area contributed by atoms with Crippen molar-refractivity contribution >= 4 is 23.5 Å². The molecule has 0 amide bonds. The van der Waals surface area contributed by atoms with Crippen LogP contribution in [-0.2, 0) is 5.41 Å². The van der Waals surface area contributed by atoms with Gasteiger partial charge in [0.15, 0.2) is 0 Å². The summed E-state index contributed by atoms with van der Waals surface area (Å²) in [6.07, 6.45) is 4.43. The van der Waals surface area contributed by atoms with Gasteiger partial charge in [-0.2, -0.15) is 0 Å². The Balaban J connectivity index is 3.18. The van der Waals surface area contributed by atoms with E-state index in [0.29, 0.717) is 0 Å². The zero-order valence-corrected chi connectivity index (χ0v) is 18.3. The molecule has 0 aromatic heterocycles. The molecule has 0 heterocycles. The summed E-state index contributed by atoms with van der Waals surface area (Å²) in [5, 5.41) is 10.4. The van der Waals surface area contributed by atoms with Crippen molar-refractivity contribution in [3.8, 4) is 0 Å². The van der Waals surface area contributed by atoms with Crippen LogP contribution in [0.4, 0.5) is 0 Å². The summed E-state index contributed by atoms with van der Waals surface area (Å²) < 4.78 is 3.91. The van der Waals surface area contributed by atoms with Crippen LogP contribution in [0.3, 0.4) is 0 Å². The van der Waals surface area contributed by atoms with Gasteiger partial charge >= 0.3 is 0 Å². The number of rotatable bonds is 10. The van der Waals surface area contributed by atoms with E-state index in [1.165, 1.54) is 18.4 Å². The first kappa shape index (κ1) is 22.8. The molecule has 0 radical (unpaired) electrons. The summed E-state index contributed by atoms with van der Waals surface area (Å²) in [6, 6.07) is 8.59. The van der Waals surface area contributed by atoms with Gasteiger partial charge in [0, 0.05) is 27.8 Å². The third kappa shape index (κ3) is 7.50. The highest BCUT2D eigenvalue weighted by Gasteiger charge is 2.36. The molecule has 25 heavy (non-hydrogen) atoms. The fourth-order valence-corrected chi connectivity index (χ4v) is 4.04. The molecule has 0 saturated carbocycles. The summed E-state index contributed by atoms with van der Waals surface area (Å²) in [6.45, 7) is 13.6. The Morgan fingerprint density at radius 1 is 1.16 bits per heavy atom. The Bertz CT molecular complexity index is 500. The molecule has 0 saturated heterocycles. The predicted molar refractivity (Wildman–Crippen MR) is 113 cm³/mol. The van der Waals surface area contributed by atoms with E-state index in [2.05, 4.69) is 58.4 Å². The number of benzene rings is 1. The molecule has 1 aromatic rings. The average Bonchev–Trinajstić information content (AvgIpc) is 2.55. The van der Waals surface area contributed by atoms with Crippen molar-refractivity contribution in [2.75, 3.05) is 6.61 Å². The molecular weight excluding hydrogens is 350 g/mol. The number of aliphatic hydroxyl groups excluding tert-OH is 1. The quantitative estimate of drug-likeness (QED) is 0.469. The lowest BCUT2D eigenvalue weighted by atomic mass is 9.70. The van der Waals surface area contributed by atoms with Crippen LogP contribution in [0.5, 0.6) is 0 Å². The van der Waals surface area contributed by atoms with E-state index in [1.807, 2.05) is 12.1 Å². The van der Waals surface area contributed by atoms with Gasteiger partial charge < -0.3 is 5.11 Å². The number of hydrogen-bond acceptors (Lipinski definition) is 3. The maximum Gasteiger partial charge on any atom is 0.0457 e. The van der Waals surface area contributed by atoms with Gasteiger partial charge in [-0.15, -0.1) is 0 Å². The SMILES string of the molecule is CCCCC(C)(c1ccc(Cl)cc1)C(CC(C)CO)NSC(C)(C)C. The molecule has 2 nitrogen and oxygen atoms in total. The summed E-state index contributed by atoms with van der Waals surface area (Å²) >= 11 is 7.92. The minimum absolute atomic E-state index is 0.00226. The minimum Gasteiger partial charge on any atom is -0.396 e. The van der Waals surface area contributed by atoms with Crippen molar-refractivity contribution in [1.29, 1.82) is 0 Å². The standard InChI is InChI=1S/C21H36ClNOS/c1-7-8-13-21(6,17-9-11-18(22)12-10-17)19(14-16(2)15-24)23-25-20(3,4)5/h9-12,16,19,23-24H,7-8,13-15H2,1-6H3. The summed E-state index contributed by atoms with van der Waals surface area (Å²) in [4.78, 5) is 0. The van der Waals surface area contributed by atoms with Crippen molar-refractivity contribution in [2.24, 2.45) is 5.92 Å². The van der Waals surface area contributed by atoms with E-state index in [0.717, 1.165) is 17.9 Å². The zero-order chi connectivity index (χ0) is 19.1. The van der Waals surface area contributed by atoms with E-state index in [4.69, 9.17) is 11.6 Å². The van der Waals surface area contributed by atoms with Gasteiger partial charge in [0.1, 0.15) is 0 Å². The van der Waals surface area contributed by atoms with Crippen molar-refractivity contribution in [3.05, 3.63) is 34.9 Å². The van der Waals surface area contributed by atoms with Gasteiger partial charge in [-0.3, -0.25) is 4.72 Å². The Morgan fingerprint density at radius 3 is 2.24 bits per heavy atom. The molecule has 0 aliphatic carbocycles. The normalized spacial score (nSPS) is 17.1. The van der Waals surface area contributed by atoms with Crippen LogP contribution in [0.15, 0.2) is 24.3 Å². The van der Waals surface area contributed by atoms with Gasteiger partial charge in [-0.05, 0) is 57.2 Å². The topological polar surface area (TPSA) is 32.3 Å². The number of halogens is 1. The molecule has 1 aromatic carbocycles. The van der Waals surface area contributed by atoms with E-state index in [1.54, 1.807) is 11.9 Å². The Labute approximate surface area is 164 Å². The first-order valence-corrected chi connectivity index (χ1v) is 10.6. The lowest BCUT2D eigenvalue weighted by molar-refractivity contribution is 0.198. The summed E-state index contributed by atoms with van der Waals surface area (Å²) in [5.41, 5.74) is 1.32. The minimum atomic E-state index is 0.00226. The lowest BCUT2D eigenvalue weighted by Crippen LogP contribution is -2.46. The highest BCUT2D eigenvalue weighted by molar-refractivity contribution is 7.98. The number of hydrogen-bond donors (Lipinski definition) is 2. The average molecular weight is 386 g/mol. The predicted octanol–water partition coefficient (Wildman–Crippen LogP) is 6.21. The molecule has 0 aliphatic rings. The third-order valence-electron chi connectivity index (χ3n) is 4.78. The first-order chi connectivity index (χ1) is 11.6. The second-order valence-electron chi connectivity index (χ2n) is 8.44. The Kier molecular flexibility index (Phi) is 9.31. The van der Waals surface area contributed by atoms with Crippen LogP contribution in [0.2, 0.25) is 5.02 Å². The second-order valence-corrected chi connectivity index (χ2v) is 10.5. The van der Waals surface area contributed by atoms with Crippen LogP contribution in [0.1, 0.15) is 72.8 Å². The molecule has 3 atom stereocenters. The van der Waals surface area contributed by atoms with Gasteiger partial charge in [0.2, 0.25) is 0 Å². The largest absolute Gasteiger partial charge is 0.396 e. The summed E-state index contributed by atoms with van der Waals surface area (Å²) in [7, 11) is 0. The van der Waals surface area contributed by atoms with Crippen molar-refractivity contribution < 1.29 is 5.11 Å². The number of aliphatic hydroxyl groups is 1. The molecule has 0 bridgehead atoms. The van der Waals surface area contributed by atoms with Crippen LogP contribution < -0.4 is 4.72 Å². The molecular formula is C21H36ClNOS. The molecule has 0 spiro atoms. The summed E-state index contributed by atoms with van der Waals surface area (Å²) in [5.74, 6) is 0.270. The molecule has 0 fully saturated rings. The maximum absolute atomic E-state index is 9.61. The van der Waals surface area contributed by atoms with E-state index < -0.39 is 0 Å². The molecule has 1 rings (SSSR count). The van der Waals surface area contributed by atoms with Crippen LogP contribution in [0, 0.1) is 5.92 Å². The van der Waals surface area contributed by atoms with Crippen LogP contribution >= 0.6 is 23.5 Å². The maximum atomic E-state index is 9.61. The van der Waals surface area contributed by atoms with Gasteiger partial charge in [0.05, 0.1) is 0 Å². The second kappa shape index (κ2) is 10.2. The van der Waals surface area contributed by atoms with E-state index in [-0.39, 0.29) is 28.7 Å². The van der Waals surface area contributed by atoms with Crippen LogP contribution in [0.25, 0.3) is 0 Å². The van der Waals surface area contributed by atoms with Crippen molar-refractivity contribution in [1.82, 2.24) is 4.72 Å². The monoisotopic (exact) mass is 385 g/mol. The number of unbranched alkanes of at least 4 members (excludes halogenated alkanes) is 1.